The van der Waals surface area contributed by atoms with Gasteiger partial charge in [0.25, 0.3) is 0 Å². The summed E-state index contributed by atoms with van der Waals surface area (Å²) in [6, 6.07) is 1.87. The highest BCUT2D eigenvalue weighted by atomic mass is 16.5. The van der Waals surface area contributed by atoms with Crippen molar-refractivity contribution < 1.29 is 9.53 Å². The average Bonchev–Trinajstić information content (AvgIpc) is 2.38. The molecule has 5 heteroatoms. The Kier molecular flexibility index (Phi) is 6.00. The van der Waals surface area contributed by atoms with E-state index in [-0.39, 0.29) is 5.97 Å². The zero-order valence-corrected chi connectivity index (χ0v) is 11.1. The van der Waals surface area contributed by atoms with Crippen LogP contribution in [0.4, 0.5) is 0 Å². The number of rotatable bonds is 6. The van der Waals surface area contributed by atoms with E-state index in [4.69, 9.17) is 0 Å². The molecule has 98 valence electrons. The minimum absolute atomic E-state index is 0.266. The van der Waals surface area contributed by atoms with Crippen molar-refractivity contribution in [2.24, 2.45) is 0 Å². The number of nitrogens with one attached hydrogen (secondary N) is 1. The smallest absolute Gasteiger partial charge is 0.333 e. The zero-order chi connectivity index (χ0) is 13.4. The van der Waals surface area contributed by atoms with Gasteiger partial charge in [-0.15, -0.1) is 0 Å². The van der Waals surface area contributed by atoms with Crippen molar-refractivity contribution in [3.8, 4) is 0 Å². The molecule has 0 amide bonds. The molecule has 0 unspecified atom stereocenters. The van der Waals surface area contributed by atoms with E-state index in [2.05, 4.69) is 20.0 Å². The molecular weight excluding hydrogens is 230 g/mol. The minimum atomic E-state index is -0.266. The fraction of sp³-hybridized carbons (Fsp3) is 0.462. The molecule has 0 saturated heterocycles. The van der Waals surface area contributed by atoms with Crippen LogP contribution in [0.2, 0.25) is 0 Å². The summed E-state index contributed by atoms with van der Waals surface area (Å²) >= 11 is 0. The van der Waals surface area contributed by atoms with Gasteiger partial charge in [-0.05, 0) is 19.4 Å². The van der Waals surface area contributed by atoms with Crippen LogP contribution in [0.25, 0.3) is 0 Å². The molecule has 1 N–H and O–H groups in total. The SMILES string of the molecule is CC/C(=C/CNCc1ccnc(C)n1)C(=O)OC. The molecule has 0 aliphatic heterocycles. The maximum Gasteiger partial charge on any atom is 0.333 e. The second kappa shape index (κ2) is 7.55. The van der Waals surface area contributed by atoms with E-state index in [1.54, 1.807) is 6.20 Å². The van der Waals surface area contributed by atoms with Gasteiger partial charge in [-0.3, -0.25) is 0 Å². The van der Waals surface area contributed by atoms with Gasteiger partial charge in [0.2, 0.25) is 0 Å². The Morgan fingerprint density at radius 1 is 1.56 bits per heavy atom. The topological polar surface area (TPSA) is 64.1 Å². The summed E-state index contributed by atoms with van der Waals surface area (Å²) in [7, 11) is 1.39. The standard InChI is InChI=1S/C13H19N3O2/c1-4-11(13(17)18-3)5-7-14-9-12-6-8-15-10(2)16-12/h5-6,8,14H,4,7,9H2,1-3H3/b11-5-. The molecule has 0 spiro atoms. The third-order valence-electron chi connectivity index (χ3n) is 2.46. The molecule has 0 fully saturated rings. The van der Waals surface area contributed by atoms with Crippen LogP contribution < -0.4 is 5.32 Å². The van der Waals surface area contributed by atoms with Gasteiger partial charge in [0.1, 0.15) is 5.82 Å². The van der Waals surface area contributed by atoms with Crippen molar-refractivity contribution in [1.82, 2.24) is 15.3 Å². The number of carbonyl (C=O) groups is 1. The molecule has 1 aromatic rings. The summed E-state index contributed by atoms with van der Waals surface area (Å²) in [6.45, 7) is 5.05. The first-order valence-corrected chi connectivity index (χ1v) is 5.94. The fourth-order valence-corrected chi connectivity index (χ4v) is 1.50. The Bertz CT molecular complexity index is 430. The Balaban J connectivity index is 2.42. The average molecular weight is 249 g/mol. The number of aromatic nitrogens is 2. The predicted octanol–water partition coefficient (Wildman–Crippen LogP) is 1.38. The highest BCUT2D eigenvalue weighted by molar-refractivity contribution is 5.88. The van der Waals surface area contributed by atoms with E-state index in [1.165, 1.54) is 7.11 Å². The summed E-state index contributed by atoms with van der Waals surface area (Å²) in [5.41, 5.74) is 1.62. The molecule has 1 heterocycles. The summed E-state index contributed by atoms with van der Waals surface area (Å²) in [5, 5.41) is 3.20. The van der Waals surface area contributed by atoms with Crippen LogP contribution in [0, 0.1) is 6.92 Å². The van der Waals surface area contributed by atoms with Crippen LogP contribution in [-0.4, -0.2) is 29.6 Å². The van der Waals surface area contributed by atoms with E-state index in [0.29, 0.717) is 25.1 Å². The van der Waals surface area contributed by atoms with Crippen LogP contribution in [-0.2, 0) is 16.1 Å². The van der Waals surface area contributed by atoms with Crippen molar-refractivity contribution >= 4 is 5.97 Å². The lowest BCUT2D eigenvalue weighted by atomic mass is 10.2. The zero-order valence-electron chi connectivity index (χ0n) is 11.1. The van der Waals surface area contributed by atoms with Crippen molar-refractivity contribution in [3.05, 3.63) is 35.4 Å². The quantitative estimate of drug-likeness (QED) is 0.469. The summed E-state index contributed by atoms with van der Waals surface area (Å²) in [4.78, 5) is 19.6. The summed E-state index contributed by atoms with van der Waals surface area (Å²) in [6.07, 6.45) is 4.25. The predicted molar refractivity (Wildman–Crippen MR) is 68.9 cm³/mol. The lowest BCUT2D eigenvalue weighted by Crippen LogP contribution is -2.16. The molecule has 0 aromatic carbocycles. The number of hydrogen-bond acceptors (Lipinski definition) is 5. The molecule has 0 saturated carbocycles. The first-order chi connectivity index (χ1) is 8.67. The van der Waals surface area contributed by atoms with Crippen LogP contribution in [0.15, 0.2) is 23.9 Å². The number of ether oxygens (including phenoxy) is 1. The van der Waals surface area contributed by atoms with Crippen molar-refractivity contribution in [3.63, 3.8) is 0 Å². The molecule has 0 aliphatic carbocycles. The third kappa shape index (κ3) is 4.63. The summed E-state index contributed by atoms with van der Waals surface area (Å²) < 4.78 is 4.68. The monoisotopic (exact) mass is 249 g/mol. The minimum Gasteiger partial charge on any atom is -0.466 e. The number of nitrogens with zero attached hydrogens (tertiary/aromatic N) is 2. The van der Waals surface area contributed by atoms with Gasteiger partial charge in [0, 0.05) is 24.9 Å². The van der Waals surface area contributed by atoms with E-state index >= 15 is 0 Å². The van der Waals surface area contributed by atoms with E-state index in [0.717, 1.165) is 11.5 Å². The maximum atomic E-state index is 11.3. The fourth-order valence-electron chi connectivity index (χ4n) is 1.50. The molecular formula is C13H19N3O2. The van der Waals surface area contributed by atoms with Gasteiger partial charge in [-0.25, -0.2) is 14.8 Å². The molecule has 0 bridgehead atoms. The number of aryl methyl sites for hydroxylation is 1. The van der Waals surface area contributed by atoms with Crippen LogP contribution in [0.1, 0.15) is 24.9 Å². The van der Waals surface area contributed by atoms with Crippen molar-refractivity contribution in [2.75, 3.05) is 13.7 Å². The summed E-state index contributed by atoms with van der Waals surface area (Å²) in [5.74, 6) is 0.492. The molecule has 0 radical (unpaired) electrons. The number of carbonyl (C=O) groups excluding carboxylic acids is 1. The Hall–Kier alpha value is -1.75. The second-order valence-electron chi connectivity index (χ2n) is 3.80. The van der Waals surface area contributed by atoms with Crippen LogP contribution >= 0.6 is 0 Å². The van der Waals surface area contributed by atoms with Crippen molar-refractivity contribution in [2.45, 2.75) is 26.8 Å². The second-order valence-corrected chi connectivity index (χ2v) is 3.80. The first kappa shape index (κ1) is 14.3. The van der Waals surface area contributed by atoms with Crippen LogP contribution in [0.3, 0.4) is 0 Å². The molecule has 0 atom stereocenters. The Labute approximate surface area is 107 Å². The molecule has 18 heavy (non-hydrogen) atoms. The van der Waals surface area contributed by atoms with Gasteiger partial charge < -0.3 is 10.1 Å². The number of hydrogen-bond donors (Lipinski definition) is 1. The van der Waals surface area contributed by atoms with Gasteiger partial charge in [0.15, 0.2) is 0 Å². The van der Waals surface area contributed by atoms with Gasteiger partial charge >= 0.3 is 5.97 Å². The van der Waals surface area contributed by atoms with Gasteiger partial charge in [0.05, 0.1) is 12.8 Å². The number of esters is 1. The highest BCUT2D eigenvalue weighted by Gasteiger charge is 2.05. The Morgan fingerprint density at radius 3 is 2.94 bits per heavy atom. The first-order valence-electron chi connectivity index (χ1n) is 5.94. The van der Waals surface area contributed by atoms with Crippen molar-refractivity contribution in [1.29, 1.82) is 0 Å². The van der Waals surface area contributed by atoms with Crippen LogP contribution in [0.5, 0.6) is 0 Å². The molecule has 1 rings (SSSR count). The van der Waals surface area contributed by atoms with E-state index < -0.39 is 0 Å². The number of methoxy groups -OCH3 is 1. The molecule has 0 aliphatic rings. The molecule has 1 aromatic heterocycles. The molecule has 5 nitrogen and oxygen atoms in total. The maximum absolute atomic E-state index is 11.3. The van der Waals surface area contributed by atoms with E-state index in [1.807, 2.05) is 26.0 Å². The Morgan fingerprint density at radius 2 is 2.33 bits per heavy atom. The van der Waals surface area contributed by atoms with Gasteiger partial charge in [-0.2, -0.15) is 0 Å². The lowest BCUT2D eigenvalue weighted by molar-refractivity contribution is -0.136. The highest BCUT2D eigenvalue weighted by Crippen LogP contribution is 2.02. The largest absolute Gasteiger partial charge is 0.466 e. The third-order valence-corrected chi connectivity index (χ3v) is 2.46. The normalized spacial score (nSPS) is 11.4. The van der Waals surface area contributed by atoms with E-state index in [9.17, 15) is 4.79 Å². The van der Waals surface area contributed by atoms with Gasteiger partial charge in [-0.1, -0.05) is 13.0 Å². The lowest BCUT2D eigenvalue weighted by Gasteiger charge is -2.04.